The number of rotatable bonds is 3. The molecule has 0 fully saturated rings. The molecule has 0 aliphatic rings. The summed E-state index contributed by atoms with van der Waals surface area (Å²) in [7, 11) is 11.4. The minimum absolute atomic E-state index is 1.25. The van der Waals surface area contributed by atoms with Gasteiger partial charge in [0.15, 0.2) is 0 Å². The fraction of sp³-hybridized carbons (Fsp3) is 0. The second kappa shape index (κ2) is 9.93. The van der Waals surface area contributed by atoms with Crippen molar-refractivity contribution in [1.29, 1.82) is 0 Å². The molecule has 7 aromatic rings. The van der Waals surface area contributed by atoms with Gasteiger partial charge in [0.1, 0.15) is 39.2 Å². The SMILES string of the molecule is Bc1c(B)c(B)c(-c2ccc(-c3c4ccccc4c(-c4ccccc4)c4ccccc34)c3ccccc23)c(B)c1B. The van der Waals surface area contributed by atoms with E-state index in [4.69, 9.17) is 0 Å². The van der Waals surface area contributed by atoms with Crippen LogP contribution in [-0.4, -0.2) is 39.2 Å². The van der Waals surface area contributed by atoms with Crippen molar-refractivity contribution in [3.05, 3.63) is 115 Å². The van der Waals surface area contributed by atoms with E-state index in [1.54, 1.807) is 0 Å². The maximum atomic E-state index is 2.37. The predicted octanol–water partition coefficient (Wildman–Crippen LogP) is 1.44. The van der Waals surface area contributed by atoms with Crippen molar-refractivity contribution in [2.24, 2.45) is 0 Å². The van der Waals surface area contributed by atoms with Crippen LogP contribution >= 0.6 is 0 Å². The molecule has 0 nitrogen and oxygen atoms in total. The van der Waals surface area contributed by atoms with Crippen molar-refractivity contribution < 1.29 is 0 Å². The molecule has 0 radical (unpaired) electrons. The quantitative estimate of drug-likeness (QED) is 0.247. The van der Waals surface area contributed by atoms with Crippen LogP contribution < -0.4 is 27.3 Å². The zero-order valence-electron chi connectivity index (χ0n) is 24.5. The molecule has 0 unspecified atom stereocenters. The van der Waals surface area contributed by atoms with Crippen molar-refractivity contribution in [3.63, 3.8) is 0 Å². The molecule has 7 rings (SSSR count). The van der Waals surface area contributed by atoms with Gasteiger partial charge in [-0.3, -0.25) is 0 Å². The zero-order chi connectivity index (χ0) is 28.2. The summed E-state index contributed by atoms with van der Waals surface area (Å²) in [6.45, 7) is 0. The van der Waals surface area contributed by atoms with Crippen LogP contribution in [-0.2, 0) is 0 Å². The summed E-state index contributed by atoms with van der Waals surface area (Å²) in [5, 5.41) is 7.75. The van der Waals surface area contributed by atoms with Gasteiger partial charge in [0.2, 0.25) is 0 Å². The van der Waals surface area contributed by atoms with Crippen molar-refractivity contribution in [2.75, 3.05) is 0 Å². The van der Waals surface area contributed by atoms with Crippen LogP contribution in [0.15, 0.2) is 115 Å². The molecule has 0 bridgehead atoms. The fourth-order valence-corrected chi connectivity index (χ4v) is 6.97. The Morgan fingerprint density at radius 3 is 1.07 bits per heavy atom. The number of hydrogen-bond acceptors (Lipinski definition) is 0. The van der Waals surface area contributed by atoms with Crippen LogP contribution in [0.5, 0.6) is 0 Å². The molecule has 0 aromatic heterocycles. The molecule has 0 saturated heterocycles. The molecule has 0 amide bonds. The number of benzene rings is 7. The third kappa shape index (κ3) is 3.91. The highest BCUT2D eigenvalue weighted by Crippen LogP contribution is 2.46. The standard InChI is InChI=1S/C36H29B5/c37-32-31(33(38)35(40)36(41)34(32)39)28-19-18-27(21-12-4-5-13-22(21)28)30-25-16-8-6-14-23(25)29(20-10-2-1-3-11-20)24-15-7-9-17-26(24)30/h1-19H,37-41H2. The molecular formula is C36H29B5. The average molecular weight is 516 g/mol. The first kappa shape index (κ1) is 25.6. The van der Waals surface area contributed by atoms with E-state index in [-0.39, 0.29) is 0 Å². The first-order chi connectivity index (χ1) is 20.0. The third-order valence-corrected chi connectivity index (χ3v) is 9.46. The van der Waals surface area contributed by atoms with E-state index in [1.165, 1.54) is 93.0 Å². The predicted molar refractivity (Wildman–Crippen MR) is 196 cm³/mol. The highest BCUT2D eigenvalue weighted by Gasteiger charge is 2.20. The van der Waals surface area contributed by atoms with Crippen molar-refractivity contribution in [1.82, 2.24) is 0 Å². The molecule has 41 heavy (non-hydrogen) atoms. The van der Waals surface area contributed by atoms with Crippen LogP contribution in [0.4, 0.5) is 0 Å². The first-order valence-corrected chi connectivity index (χ1v) is 14.6. The fourth-order valence-electron chi connectivity index (χ4n) is 6.97. The Morgan fingerprint density at radius 1 is 0.268 bits per heavy atom. The van der Waals surface area contributed by atoms with Crippen molar-refractivity contribution >= 4 is 98.9 Å². The molecule has 5 heteroatoms. The zero-order valence-corrected chi connectivity index (χ0v) is 24.5. The molecule has 0 saturated carbocycles. The van der Waals surface area contributed by atoms with Crippen molar-refractivity contribution in [3.8, 4) is 33.4 Å². The van der Waals surface area contributed by atoms with Gasteiger partial charge in [0.05, 0.1) is 0 Å². The minimum atomic E-state index is 1.25. The van der Waals surface area contributed by atoms with Gasteiger partial charge in [0, 0.05) is 0 Å². The highest BCUT2D eigenvalue weighted by molar-refractivity contribution is 6.68. The van der Waals surface area contributed by atoms with E-state index in [0.29, 0.717) is 0 Å². The highest BCUT2D eigenvalue weighted by atomic mass is 14.2. The van der Waals surface area contributed by atoms with Gasteiger partial charge in [0.25, 0.3) is 0 Å². The lowest BCUT2D eigenvalue weighted by molar-refractivity contribution is 1.66. The lowest BCUT2D eigenvalue weighted by Gasteiger charge is -2.23. The van der Waals surface area contributed by atoms with E-state index >= 15 is 0 Å². The van der Waals surface area contributed by atoms with E-state index in [1.807, 2.05) is 0 Å². The largest absolute Gasteiger partial charge is 0.139 e. The van der Waals surface area contributed by atoms with Gasteiger partial charge in [-0.2, -0.15) is 0 Å². The monoisotopic (exact) mass is 516 g/mol. The van der Waals surface area contributed by atoms with Crippen LogP contribution in [0.2, 0.25) is 0 Å². The van der Waals surface area contributed by atoms with Gasteiger partial charge >= 0.3 is 0 Å². The van der Waals surface area contributed by atoms with Crippen LogP contribution in [0, 0.1) is 0 Å². The number of fused-ring (bicyclic) bond motifs is 3. The summed E-state index contributed by atoms with van der Waals surface area (Å²) >= 11 is 0. The molecule has 0 aliphatic heterocycles. The van der Waals surface area contributed by atoms with E-state index in [2.05, 4.69) is 154 Å². The molecule has 0 heterocycles. The Bertz CT molecular complexity index is 2060. The maximum absolute atomic E-state index is 2.37. The molecule has 0 atom stereocenters. The van der Waals surface area contributed by atoms with Crippen LogP contribution in [0.25, 0.3) is 65.7 Å². The minimum Gasteiger partial charge on any atom is -0.102 e. The summed E-state index contributed by atoms with van der Waals surface area (Å²) in [5.74, 6) is 0. The lowest BCUT2D eigenvalue weighted by atomic mass is 9.59. The summed E-state index contributed by atoms with van der Waals surface area (Å²) in [4.78, 5) is 0. The van der Waals surface area contributed by atoms with Gasteiger partial charge in [-0.15, -0.1) is 16.4 Å². The molecular weight excluding hydrogens is 486 g/mol. The molecule has 0 N–H and O–H groups in total. The van der Waals surface area contributed by atoms with Gasteiger partial charge < -0.3 is 0 Å². The number of hydrogen-bond donors (Lipinski definition) is 0. The lowest BCUT2D eigenvalue weighted by Crippen LogP contribution is -2.55. The molecule has 7 aromatic carbocycles. The Labute approximate surface area is 246 Å². The summed E-state index contributed by atoms with van der Waals surface area (Å²) in [6.07, 6.45) is 0. The van der Waals surface area contributed by atoms with Crippen molar-refractivity contribution in [2.45, 2.75) is 0 Å². The second-order valence-corrected chi connectivity index (χ2v) is 11.4. The Kier molecular flexibility index (Phi) is 6.20. The average Bonchev–Trinajstić information content (AvgIpc) is 3.02. The molecule has 188 valence electrons. The molecule has 0 aliphatic carbocycles. The van der Waals surface area contributed by atoms with Crippen LogP contribution in [0.1, 0.15) is 0 Å². The first-order valence-electron chi connectivity index (χ1n) is 14.6. The maximum Gasteiger partial charge on any atom is 0.139 e. The summed E-state index contributed by atoms with van der Waals surface area (Å²) in [6, 6.07) is 42.4. The molecule has 0 spiro atoms. The Balaban J connectivity index is 1.61. The normalized spacial score (nSPS) is 11.4. The Hall–Kier alpha value is -4.36. The third-order valence-electron chi connectivity index (χ3n) is 9.46. The van der Waals surface area contributed by atoms with E-state index < -0.39 is 0 Å². The van der Waals surface area contributed by atoms with Gasteiger partial charge in [-0.25, -0.2) is 0 Å². The van der Waals surface area contributed by atoms with E-state index in [0.717, 1.165) is 0 Å². The van der Waals surface area contributed by atoms with Gasteiger partial charge in [-0.05, 0) is 65.7 Å². The topological polar surface area (TPSA) is 0 Å². The smallest absolute Gasteiger partial charge is 0.102 e. The van der Waals surface area contributed by atoms with E-state index in [9.17, 15) is 0 Å². The van der Waals surface area contributed by atoms with Crippen LogP contribution in [0.3, 0.4) is 0 Å². The van der Waals surface area contributed by atoms with Gasteiger partial charge in [-0.1, -0.05) is 126 Å². The Morgan fingerprint density at radius 2 is 0.610 bits per heavy atom. The summed E-state index contributed by atoms with van der Waals surface area (Å²) in [5.41, 5.74) is 14.8. The summed E-state index contributed by atoms with van der Waals surface area (Å²) < 4.78 is 0. The second-order valence-electron chi connectivity index (χ2n) is 11.4.